The van der Waals surface area contributed by atoms with E-state index in [2.05, 4.69) is 15.3 Å². The Balaban J connectivity index is 1.41. The van der Waals surface area contributed by atoms with Crippen molar-refractivity contribution in [1.29, 1.82) is 0 Å². The predicted octanol–water partition coefficient (Wildman–Crippen LogP) is 4.15. The van der Waals surface area contributed by atoms with E-state index in [9.17, 15) is 14.0 Å². The second-order valence-corrected chi connectivity index (χ2v) is 8.02. The molecule has 1 aromatic carbocycles. The summed E-state index contributed by atoms with van der Waals surface area (Å²) >= 11 is 0. The highest BCUT2D eigenvalue weighted by molar-refractivity contribution is 6.04. The summed E-state index contributed by atoms with van der Waals surface area (Å²) in [7, 11) is 0. The van der Waals surface area contributed by atoms with Crippen molar-refractivity contribution in [1.82, 2.24) is 19.3 Å². The molecule has 1 fully saturated rings. The summed E-state index contributed by atoms with van der Waals surface area (Å²) in [4.78, 5) is 34.0. The molecule has 0 saturated carbocycles. The van der Waals surface area contributed by atoms with Gasteiger partial charge in [-0.05, 0) is 38.1 Å². The Hall–Kier alpha value is -4.21. The standard InChI is InChI=1S/C23H20FN5O4/c1-12-16(24)7-14(22-27-18(11-33-22)15-10-29(13(15)2)23(31)32)8-17(12)26-21(30)19-9-25-20-5-3-4-6-28(19)20/h3-9,11,13,15H,10H2,1-2H3,(H,26,30)(H,31,32). The minimum atomic E-state index is -0.977. The second-order valence-electron chi connectivity index (χ2n) is 8.02. The minimum Gasteiger partial charge on any atom is -0.465 e. The Bertz CT molecular complexity index is 1390. The van der Waals surface area contributed by atoms with Crippen molar-refractivity contribution in [2.75, 3.05) is 11.9 Å². The molecule has 4 heterocycles. The van der Waals surface area contributed by atoms with Crippen LogP contribution in [0.25, 0.3) is 17.1 Å². The number of nitrogens with one attached hydrogen (secondary N) is 1. The number of nitrogens with zero attached hydrogens (tertiary/aromatic N) is 4. The van der Waals surface area contributed by atoms with Crippen LogP contribution in [0.3, 0.4) is 0 Å². The number of oxazole rings is 1. The van der Waals surface area contributed by atoms with Crippen molar-refractivity contribution < 1.29 is 23.5 Å². The fraction of sp³-hybridized carbons (Fsp3) is 0.217. The first-order chi connectivity index (χ1) is 15.8. The number of carbonyl (C=O) groups is 2. The van der Waals surface area contributed by atoms with Gasteiger partial charge in [0, 0.05) is 41.5 Å². The molecular formula is C23H20FN5O4. The first-order valence-corrected chi connectivity index (χ1v) is 10.3. The Morgan fingerprint density at radius 3 is 2.88 bits per heavy atom. The highest BCUT2D eigenvalue weighted by Crippen LogP contribution is 2.35. The maximum absolute atomic E-state index is 14.7. The van der Waals surface area contributed by atoms with Gasteiger partial charge in [0.2, 0.25) is 5.89 Å². The molecule has 10 heteroatoms. The molecule has 0 aliphatic carbocycles. The van der Waals surface area contributed by atoms with Crippen molar-refractivity contribution in [3.05, 3.63) is 71.8 Å². The van der Waals surface area contributed by atoms with Gasteiger partial charge in [-0.2, -0.15) is 0 Å². The van der Waals surface area contributed by atoms with Crippen LogP contribution >= 0.6 is 0 Å². The number of carboxylic acid groups (broad SMARTS) is 1. The van der Waals surface area contributed by atoms with Crippen molar-refractivity contribution in [2.45, 2.75) is 25.8 Å². The molecule has 9 nitrogen and oxygen atoms in total. The van der Waals surface area contributed by atoms with Crippen LogP contribution in [-0.4, -0.2) is 49.0 Å². The monoisotopic (exact) mass is 449 g/mol. The number of hydrogen-bond donors (Lipinski definition) is 2. The molecule has 4 aromatic rings. The zero-order valence-corrected chi connectivity index (χ0v) is 17.8. The highest BCUT2D eigenvalue weighted by atomic mass is 19.1. The van der Waals surface area contributed by atoms with E-state index in [-0.39, 0.29) is 29.1 Å². The van der Waals surface area contributed by atoms with Crippen LogP contribution in [0.5, 0.6) is 0 Å². The molecular weight excluding hydrogens is 429 g/mol. The van der Waals surface area contributed by atoms with Crippen molar-refractivity contribution in [2.24, 2.45) is 0 Å². The number of imidazole rings is 1. The normalized spacial score (nSPS) is 17.7. The number of rotatable bonds is 4. The predicted molar refractivity (Wildman–Crippen MR) is 117 cm³/mol. The van der Waals surface area contributed by atoms with Gasteiger partial charge in [-0.25, -0.2) is 19.2 Å². The van der Waals surface area contributed by atoms with Gasteiger partial charge in [0.1, 0.15) is 23.4 Å². The lowest BCUT2D eigenvalue weighted by Gasteiger charge is -2.43. The summed E-state index contributed by atoms with van der Waals surface area (Å²) < 4.78 is 21.9. The molecule has 2 amide bonds. The number of pyridine rings is 1. The molecule has 2 atom stereocenters. The third-order valence-electron chi connectivity index (χ3n) is 6.10. The van der Waals surface area contributed by atoms with Crippen molar-refractivity contribution in [3.63, 3.8) is 0 Å². The fourth-order valence-corrected chi connectivity index (χ4v) is 4.01. The SMILES string of the molecule is Cc1c(F)cc(-c2nc(C3CN(C(=O)O)C3C)co2)cc1NC(=O)c1cnc2ccccn12. The van der Waals surface area contributed by atoms with E-state index in [1.807, 2.05) is 6.07 Å². The molecule has 0 radical (unpaired) electrons. The van der Waals surface area contributed by atoms with E-state index in [1.54, 1.807) is 42.6 Å². The van der Waals surface area contributed by atoms with Crippen LogP contribution < -0.4 is 5.32 Å². The van der Waals surface area contributed by atoms with Gasteiger partial charge in [-0.15, -0.1) is 0 Å². The summed E-state index contributed by atoms with van der Waals surface area (Å²) in [5.41, 5.74) is 2.47. The number of amides is 2. The smallest absolute Gasteiger partial charge is 0.407 e. The third-order valence-corrected chi connectivity index (χ3v) is 6.10. The topological polar surface area (TPSA) is 113 Å². The van der Waals surface area contributed by atoms with Crippen LogP contribution in [0.2, 0.25) is 0 Å². The van der Waals surface area contributed by atoms with E-state index in [1.165, 1.54) is 23.4 Å². The third kappa shape index (κ3) is 3.49. The average Bonchev–Trinajstić information content (AvgIpc) is 3.43. The van der Waals surface area contributed by atoms with E-state index < -0.39 is 17.8 Å². The molecule has 168 valence electrons. The fourth-order valence-electron chi connectivity index (χ4n) is 4.01. The van der Waals surface area contributed by atoms with Gasteiger partial charge >= 0.3 is 6.09 Å². The summed E-state index contributed by atoms with van der Waals surface area (Å²) in [6.07, 6.45) is 3.67. The number of halogens is 1. The van der Waals surface area contributed by atoms with Crippen molar-refractivity contribution in [3.8, 4) is 11.5 Å². The summed E-state index contributed by atoms with van der Waals surface area (Å²) in [5, 5.41) is 11.9. The molecule has 2 N–H and O–H groups in total. The van der Waals surface area contributed by atoms with Crippen molar-refractivity contribution >= 4 is 23.3 Å². The maximum atomic E-state index is 14.7. The number of benzene rings is 1. The first-order valence-electron chi connectivity index (χ1n) is 10.3. The number of likely N-dealkylation sites (tertiary alicyclic amines) is 1. The van der Waals surface area contributed by atoms with Gasteiger partial charge in [0.15, 0.2) is 0 Å². The summed E-state index contributed by atoms with van der Waals surface area (Å²) in [6, 6.07) is 8.05. The summed E-state index contributed by atoms with van der Waals surface area (Å²) in [5.74, 6) is -0.855. The molecule has 33 heavy (non-hydrogen) atoms. The second kappa shape index (κ2) is 7.73. The number of anilines is 1. The zero-order chi connectivity index (χ0) is 23.3. The largest absolute Gasteiger partial charge is 0.465 e. The first kappa shape index (κ1) is 20.7. The molecule has 1 aliphatic rings. The van der Waals surface area contributed by atoms with Crippen LogP contribution in [0.4, 0.5) is 14.9 Å². The maximum Gasteiger partial charge on any atom is 0.407 e. The molecule has 2 unspecified atom stereocenters. The van der Waals surface area contributed by atoms with Gasteiger partial charge < -0.3 is 19.7 Å². The molecule has 5 rings (SSSR count). The summed E-state index contributed by atoms with van der Waals surface area (Å²) in [6.45, 7) is 3.70. The highest BCUT2D eigenvalue weighted by Gasteiger charge is 2.41. The zero-order valence-electron chi connectivity index (χ0n) is 17.8. The van der Waals surface area contributed by atoms with E-state index in [0.29, 0.717) is 29.1 Å². The van der Waals surface area contributed by atoms with Gasteiger partial charge in [0.05, 0.1) is 11.9 Å². The number of carbonyl (C=O) groups excluding carboxylic acids is 1. The lowest BCUT2D eigenvalue weighted by molar-refractivity contribution is 0.0633. The van der Waals surface area contributed by atoms with E-state index in [0.717, 1.165) is 0 Å². The Morgan fingerprint density at radius 1 is 1.30 bits per heavy atom. The molecule has 1 aliphatic heterocycles. The number of aromatic nitrogens is 3. The lowest BCUT2D eigenvalue weighted by atomic mass is 9.88. The van der Waals surface area contributed by atoms with Crippen LogP contribution in [0.1, 0.15) is 34.6 Å². The van der Waals surface area contributed by atoms with Crippen LogP contribution in [0.15, 0.2) is 53.4 Å². The van der Waals surface area contributed by atoms with Gasteiger partial charge in [-0.1, -0.05) is 6.07 Å². The Labute approximate surface area is 187 Å². The van der Waals surface area contributed by atoms with Gasteiger partial charge in [-0.3, -0.25) is 9.20 Å². The molecule has 0 bridgehead atoms. The molecule has 1 saturated heterocycles. The van der Waals surface area contributed by atoms with Crippen LogP contribution in [0, 0.1) is 12.7 Å². The van der Waals surface area contributed by atoms with Gasteiger partial charge in [0.25, 0.3) is 5.91 Å². The number of fused-ring (bicyclic) bond motifs is 1. The number of hydrogen-bond acceptors (Lipinski definition) is 5. The van der Waals surface area contributed by atoms with Crippen LogP contribution in [-0.2, 0) is 0 Å². The molecule has 0 spiro atoms. The Kier molecular flexibility index (Phi) is 4.85. The minimum absolute atomic E-state index is 0.0942. The Morgan fingerprint density at radius 2 is 2.12 bits per heavy atom. The lowest BCUT2D eigenvalue weighted by Crippen LogP contribution is -2.55. The molecule has 3 aromatic heterocycles. The van der Waals surface area contributed by atoms with E-state index in [4.69, 9.17) is 9.52 Å². The quantitative estimate of drug-likeness (QED) is 0.484. The van der Waals surface area contributed by atoms with E-state index >= 15 is 0 Å². The average molecular weight is 449 g/mol.